The van der Waals surface area contributed by atoms with Crippen LogP contribution in [-0.4, -0.2) is 31.5 Å². The molecule has 184 valence electrons. The van der Waals surface area contributed by atoms with Crippen molar-refractivity contribution in [2.45, 2.75) is 22.1 Å². The number of nitrogens with zero attached hydrogens (tertiary/aromatic N) is 1. The number of nitrogens with two attached hydrogens (primary N) is 1. The summed E-state index contributed by atoms with van der Waals surface area (Å²) >= 11 is 0.920. The van der Waals surface area contributed by atoms with Crippen molar-refractivity contribution < 1.29 is 31.6 Å². The van der Waals surface area contributed by atoms with E-state index < -0.39 is 32.0 Å². The SMILES string of the molecule is CCOC(=O)C1=c2/c(=C/c3ccco3)c(N)c(S(=O)(=O)c3ccccc3)n2C(=O)[C@H](c2ccco2)S1. The number of hydrogen-bond acceptors (Lipinski definition) is 9. The maximum absolute atomic E-state index is 13.9. The highest BCUT2D eigenvalue weighted by molar-refractivity contribution is 8.10. The molecule has 0 saturated heterocycles. The maximum atomic E-state index is 13.9. The first-order valence-corrected chi connectivity index (χ1v) is 13.2. The molecule has 1 atom stereocenters. The van der Waals surface area contributed by atoms with Gasteiger partial charge in [-0.3, -0.25) is 9.36 Å². The predicted molar refractivity (Wildman–Crippen MR) is 132 cm³/mol. The van der Waals surface area contributed by atoms with Gasteiger partial charge < -0.3 is 19.3 Å². The van der Waals surface area contributed by atoms with Gasteiger partial charge in [0.2, 0.25) is 9.84 Å². The van der Waals surface area contributed by atoms with Crippen molar-refractivity contribution >= 4 is 50.1 Å². The number of esters is 1. The van der Waals surface area contributed by atoms with Crippen LogP contribution in [0.5, 0.6) is 0 Å². The average Bonchev–Trinajstić information content (AvgIpc) is 3.63. The Hall–Kier alpha value is -3.96. The van der Waals surface area contributed by atoms with Gasteiger partial charge in [-0.25, -0.2) is 13.2 Å². The van der Waals surface area contributed by atoms with Gasteiger partial charge in [-0.2, -0.15) is 0 Å². The van der Waals surface area contributed by atoms with Crippen molar-refractivity contribution in [3.63, 3.8) is 0 Å². The quantitative estimate of drug-likeness (QED) is 0.378. The minimum Gasteiger partial charge on any atom is -0.468 e. The zero-order valence-electron chi connectivity index (χ0n) is 18.9. The molecule has 9 nitrogen and oxygen atoms in total. The van der Waals surface area contributed by atoms with Gasteiger partial charge >= 0.3 is 5.97 Å². The van der Waals surface area contributed by atoms with Crippen LogP contribution in [0.15, 0.2) is 85.9 Å². The summed E-state index contributed by atoms with van der Waals surface area (Å²) in [6, 6.07) is 14.1. The van der Waals surface area contributed by atoms with Gasteiger partial charge in [-0.05, 0) is 49.4 Å². The highest BCUT2D eigenvalue weighted by Gasteiger charge is 2.41. The molecule has 4 aromatic rings. The highest BCUT2D eigenvalue weighted by Crippen LogP contribution is 2.40. The second kappa shape index (κ2) is 9.25. The molecule has 0 radical (unpaired) electrons. The van der Waals surface area contributed by atoms with E-state index in [-0.39, 0.29) is 38.4 Å². The molecule has 4 heterocycles. The van der Waals surface area contributed by atoms with E-state index in [0.29, 0.717) is 5.76 Å². The number of furan rings is 2. The van der Waals surface area contributed by atoms with Crippen molar-refractivity contribution in [3.05, 3.63) is 89.2 Å². The number of carbonyl (C=O) groups is 2. The van der Waals surface area contributed by atoms with Gasteiger partial charge in [-0.15, -0.1) is 0 Å². The lowest BCUT2D eigenvalue weighted by atomic mass is 10.2. The second-order valence-electron chi connectivity index (χ2n) is 7.69. The molecule has 0 aliphatic carbocycles. The normalized spacial score (nSPS) is 16.2. The average molecular weight is 525 g/mol. The van der Waals surface area contributed by atoms with E-state index in [9.17, 15) is 18.0 Å². The Kier molecular flexibility index (Phi) is 6.10. The van der Waals surface area contributed by atoms with E-state index in [1.165, 1.54) is 30.7 Å². The van der Waals surface area contributed by atoms with E-state index >= 15 is 0 Å². The number of thioether (sulfide) groups is 1. The van der Waals surface area contributed by atoms with E-state index in [1.54, 1.807) is 49.4 Å². The first-order valence-electron chi connectivity index (χ1n) is 10.9. The Morgan fingerprint density at radius 1 is 1.11 bits per heavy atom. The summed E-state index contributed by atoms with van der Waals surface area (Å²) in [5.74, 6) is -0.738. The van der Waals surface area contributed by atoms with Gasteiger partial charge in [0.25, 0.3) is 5.91 Å². The van der Waals surface area contributed by atoms with E-state index in [2.05, 4.69) is 0 Å². The molecule has 1 aliphatic heterocycles. The summed E-state index contributed by atoms with van der Waals surface area (Å²) in [5, 5.41) is -1.30. The zero-order chi connectivity index (χ0) is 25.4. The molecule has 0 saturated carbocycles. The first kappa shape index (κ1) is 23.8. The summed E-state index contributed by atoms with van der Waals surface area (Å²) < 4.78 is 44.8. The Morgan fingerprint density at radius 2 is 1.83 bits per heavy atom. The number of carbonyl (C=O) groups excluding carboxylic acids is 2. The minimum absolute atomic E-state index is 0.0228. The van der Waals surface area contributed by atoms with Crippen LogP contribution >= 0.6 is 11.8 Å². The summed E-state index contributed by atoms with van der Waals surface area (Å²) in [6.45, 7) is 1.72. The van der Waals surface area contributed by atoms with Gasteiger partial charge in [0.05, 0.1) is 35.1 Å². The summed E-state index contributed by atoms with van der Waals surface area (Å²) in [4.78, 5) is 27.0. The summed E-state index contributed by atoms with van der Waals surface area (Å²) in [6.07, 6.45) is 4.32. The number of sulfone groups is 1. The molecular formula is C25H20N2O7S2. The Bertz CT molecular complexity index is 1670. The van der Waals surface area contributed by atoms with Crippen LogP contribution in [-0.2, 0) is 19.4 Å². The minimum atomic E-state index is -4.29. The van der Waals surface area contributed by atoms with E-state index in [4.69, 9.17) is 19.3 Å². The monoisotopic (exact) mass is 524 g/mol. The summed E-state index contributed by atoms with van der Waals surface area (Å²) in [7, 11) is -4.29. The van der Waals surface area contributed by atoms with Crippen LogP contribution in [0.3, 0.4) is 0 Å². The predicted octanol–water partition coefficient (Wildman–Crippen LogP) is 2.72. The van der Waals surface area contributed by atoms with Crippen LogP contribution in [0.4, 0.5) is 5.69 Å². The number of hydrogen-bond donors (Lipinski definition) is 1. The molecule has 0 fully saturated rings. The molecule has 1 aromatic carbocycles. The Labute approximate surface area is 209 Å². The lowest BCUT2D eigenvalue weighted by Crippen LogP contribution is -2.42. The Balaban J connectivity index is 1.93. The smallest absolute Gasteiger partial charge is 0.346 e. The fourth-order valence-corrected chi connectivity index (χ4v) is 6.68. The Morgan fingerprint density at radius 3 is 2.47 bits per heavy atom. The van der Waals surface area contributed by atoms with Crippen molar-refractivity contribution in [2.75, 3.05) is 12.3 Å². The van der Waals surface area contributed by atoms with Gasteiger partial charge in [0.1, 0.15) is 21.7 Å². The lowest BCUT2D eigenvalue weighted by molar-refractivity contribution is -0.135. The maximum Gasteiger partial charge on any atom is 0.346 e. The van der Waals surface area contributed by atoms with E-state index in [0.717, 1.165) is 16.3 Å². The van der Waals surface area contributed by atoms with Crippen LogP contribution in [0.25, 0.3) is 11.0 Å². The molecule has 3 aromatic heterocycles. The molecule has 2 N–H and O–H groups in total. The van der Waals surface area contributed by atoms with Crippen molar-refractivity contribution in [2.24, 2.45) is 0 Å². The molecule has 36 heavy (non-hydrogen) atoms. The van der Waals surface area contributed by atoms with Gasteiger partial charge in [-0.1, -0.05) is 30.0 Å². The number of fused-ring (bicyclic) bond motifs is 1. The molecule has 0 spiro atoms. The fourth-order valence-electron chi connectivity index (χ4n) is 3.96. The highest BCUT2D eigenvalue weighted by atomic mass is 32.2. The summed E-state index contributed by atoms with van der Waals surface area (Å²) in [5.41, 5.74) is 6.27. The van der Waals surface area contributed by atoms with Crippen molar-refractivity contribution in [1.82, 2.24) is 4.57 Å². The number of anilines is 1. The molecule has 11 heteroatoms. The molecule has 0 unspecified atom stereocenters. The van der Waals surface area contributed by atoms with Gasteiger partial charge in [0.15, 0.2) is 5.03 Å². The van der Waals surface area contributed by atoms with Crippen LogP contribution in [0.1, 0.15) is 28.5 Å². The fraction of sp³-hybridized carbons (Fsp3) is 0.120. The number of benzene rings is 1. The third-order valence-electron chi connectivity index (χ3n) is 5.50. The number of rotatable bonds is 6. The first-order chi connectivity index (χ1) is 17.3. The molecule has 0 amide bonds. The molecule has 0 bridgehead atoms. The van der Waals surface area contributed by atoms with Crippen molar-refractivity contribution in [3.8, 4) is 0 Å². The van der Waals surface area contributed by atoms with Crippen LogP contribution in [0, 0.1) is 0 Å². The zero-order valence-corrected chi connectivity index (χ0v) is 20.5. The van der Waals surface area contributed by atoms with Gasteiger partial charge in [0, 0.05) is 5.22 Å². The standard InChI is InChI=1S/C25H20N2O7S2/c1-2-32-25(29)22-20-17(14-15-8-6-12-33-15)19(26)24(36(30,31)16-9-4-3-5-10-16)27(20)23(28)21(35-22)18-11-7-13-34-18/h3-14,21H,2,26H2,1H3/b17-14+/t21-/m0/s1. The third kappa shape index (κ3) is 3.86. The second-order valence-corrected chi connectivity index (χ2v) is 10.7. The van der Waals surface area contributed by atoms with Crippen LogP contribution < -0.4 is 16.3 Å². The largest absolute Gasteiger partial charge is 0.468 e. The van der Waals surface area contributed by atoms with E-state index in [1.807, 2.05) is 0 Å². The van der Waals surface area contributed by atoms with Crippen molar-refractivity contribution in [1.29, 1.82) is 0 Å². The third-order valence-corrected chi connectivity index (χ3v) is 8.57. The van der Waals surface area contributed by atoms with Crippen LogP contribution in [0.2, 0.25) is 0 Å². The number of ether oxygens (including phenoxy) is 1. The number of nitrogen functional groups attached to an aromatic ring is 1. The molecule has 5 rings (SSSR count). The molecule has 1 aliphatic rings. The molecular weight excluding hydrogens is 504 g/mol. The number of aromatic nitrogens is 1. The topological polar surface area (TPSA) is 135 Å². The lowest BCUT2D eigenvalue weighted by Gasteiger charge is -2.22.